The van der Waals surface area contributed by atoms with Crippen LogP contribution in [0.15, 0.2) is 72.1 Å². The first kappa shape index (κ1) is 25.4. The predicted molar refractivity (Wildman–Crippen MR) is 136 cm³/mol. The summed E-state index contributed by atoms with van der Waals surface area (Å²) >= 11 is 1.32. The number of nitrogens with zero attached hydrogens (tertiary/aromatic N) is 3. The molecular formula is C25H30N6O2S. The molecule has 2 heterocycles. The Balaban J connectivity index is 1.75. The van der Waals surface area contributed by atoms with E-state index in [1.807, 2.05) is 62.3 Å². The van der Waals surface area contributed by atoms with E-state index < -0.39 is 5.37 Å². The van der Waals surface area contributed by atoms with Gasteiger partial charge in [-0.2, -0.15) is 0 Å². The molecule has 3 rings (SSSR count). The average molecular weight is 479 g/mol. The molecule has 3 aromatic rings. The fourth-order valence-corrected chi connectivity index (χ4v) is 4.23. The van der Waals surface area contributed by atoms with Crippen molar-refractivity contribution in [2.45, 2.75) is 17.3 Å². The van der Waals surface area contributed by atoms with Crippen LogP contribution in [-0.4, -0.2) is 60.4 Å². The molecule has 34 heavy (non-hydrogen) atoms. The monoisotopic (exact) mass is 478 g/mol. The van der Waals surface area contributed by atoms with Crippen molar-refractivity contribution in [2.75, 3.05) is 39.0 Å². The number of nitrogens with one attached hydrogen (secondary N) is 3. The van der Waals surface area contributed by atoms with E-state index in [9.17, 15) is 9.59 Å². The first-order chi connectivity index (χ1) is 16.4. The van der Waals surface area contributed by atoms with Gasteiger partial charge in [-0.1, -0.05) is 23.9 Å². The van der Waals surface area contributed by atoms with Gasteiger partial charge in [0, 0.05) is 37.4 Å². The number of thioether (sulfide) groups is 1. The van der Waals surface area contributed by atoms with Crippen LogP contribution in [0.3, 0.4) is 0 Å². The summed E-state index contributed by atoms with van der Waals surface area (Å²) in [4.78, 5) is 36.2. The quantitative estimate of drug-likeness (QED) is 0.221. The first-order valence-electron chi connectivity index (χ1n) is 11.0. The molecule has 0 fully saturated rings. The van der Waals surface area contributed by atoms with Crippen LogP contribution in [-0.2, 0) is 4.79 Å². The van der Waals surface area contributed by atoms with E-state index in [0.717, 1.165) is 17.7 Å². The largest absolute Gasteiger partial charge is 0.339 e. The number of amides is 2. The topological polar surface area (TPSA) is 99.2 Å². The standard InChI is InChI=1S/C25H30N6O2S/c1-18-6-4-7-20(16-18)29-23(33)21-8-5-11-28-25(21)34-24(19-9-12-26-13-10-19)30-22(32)17-27-14-15-31(2)3/h4-13,16,24,27H,14-15,17H2,1-3H3,(H,29,33)(H,30,32). The lowest BCUT2D eigenvalue weighted by Crippen LogP contribution is -2.37. The SMILES string of the molecule is Cc1cccc(NC(=O)c2cccnc2SC(NC(=O)CNCCN(C)C)c2ccncc2)c1. The number of carbonyl (C=O) groups is 2. The van der Waals surface area contributed by atoms with E-state index in [0.29, 0.717) is 22.8 Å². The molecule has 9 heteroatoms. The maximum absolute atomic E-state index is 13.0. The molecule has 0 bridgehead atoms. The molecule has 0 radical (unpaired) electrons. The number of rotatable bonds is 11. The van der Waals surface area contributed by atoms with Gasteiger partial charge in [-0.05, 0) is 68.5 Å². The maximum atomic E-state index is 13.0. The highest BCUT2D eigenvalue weighted by Crippen LogP contribution is 2.34. The van der Waals surface area contributed by atoms with E-state index in [1.54, 1.807) is 30.7 Å². The highest BCUT2D eigenvalue weighted by molar-refractivity contribution is 7.99. The van der Waals surface area contributed by atoms with E-state index in [1.165, 1.54) is 11.8 Å². The number of aryl methyl sites for hydroxylation is 1. The number of aromatic nitrogens is 2. The van der Waals surface area contributed by atoms with Gasteiger partial charge in [0.25, 0.3) is 5.91 Å². The molecule has 0 aliphatic rings. The van der Waals surface area contributed by atoms with Crippen molar-refractivity contribution in [2.24, 2.45) is 0 Å². The number of pyridine rings is 2. The van der Waals surface area contributed by atoms with Crippen LogP contribution >= 0.6 is 11.8 Å². The third kappa shape index (κ3) is 7.95. The third-order valence-electron chi connectivity index (χ3n) is 4.84. The van der Waals surface area contributed by atoms with Crippen molar-refractivity contribution in [3.8, 4) is 0 Å². The summed E-state index contributed by atoms with van der Waals surface area (Å²) in [5.41, 5.74) is 3.06. The van der Waals surface area contributed by atoms with Gasteiger partial charge in [0.1, 0.15) is 10.4 Å². The number of carbonyl (C=O) groups excluding carboxylic acids is 2. The Bertz CT molecular complexity index is 1090. The predicted octanol–water partition coefficient (Wildman–Crippen LogP) is 3.10. The van der Waals surface area contributed by atoms with Gasteiger partial charge >= 0.3 is 0 Å². The molecule has 0 saturated heterocycles. The van der Waals surface area contributed by atoms with Crippen molar-refractivity contribution in [1.29, 1.82) is 0 Å². The Morgan fingerprint density at radius 2 is 1.85 bits per heavy atom. The van der Waals surface area contributed by atoms with Crippen molar-refractivity contribution in [3.05, 3.63) is 83.8 Å². The van der Waals surface area contributed by atoms with Gasteiger partial charge in [-0.25, -0.2) is 4.98 Å². The Kier molecular flexibility index (Phi) is 9.57. The van der Waals surface area contributed by atoms with Crippen LogP contribution in [0.25, 0.3) is 0 Å². The second-order valence-electron chi connectivity index (χ2n) is 8.01. The van der Waals surface area contributed by atoms with Crippen LogP contribution < -0.4 is 16.0 Å². The van der Waals surface area contributed by atoms with Crippen molar-refractivity contribution in [1.82, 2.24) is 25.5 Å². The molecule has 3 N–H and O–H groups in total. The maximum Gasteiger partial charge on any atom is 0.258 e. The fourth-order valence-electron chi connectivity index (χ4n) is 3.11. The molecule has 2 amide bonds. The Hall–Kier alpha value is -3.27. The number of anilines is 1. The van der Waals surface area contributed by atoms with Gasteiger partial charge in [-0.15, -0.1) is 0 Å². The lowest BCUT2D eigenvalue weighted by molar-refractivity contribution is -0.120. The number of likely N-dealkylation sites (N-methyl/N-ethyl adjacent to an activating group) is 1. The second kappa shape index (κ2) is 12.8. The molecule has 8 nitrogen and oxygen atoms in total. The zero-order chi connectivity index (χ0) is 24.3. The van der Waals surface area contributed by atoms with Gasteiger partial charge in [0.05, 0.1) is 12.1 Å². The Labute approximate surface area is 204 Å². The third-order valence-corrected chi connectivity index (χ3v) is 6.02. The summed E-state index contributed by atoms with van der Waals surface area (Å²) < 4.78 is 0. The lowest BCUT2D eigenvalue weighted by Gasteiger charge is -2.20. The minimum absolute atomic E-state index is 0.144. The van der Waals surface area contributed by atoms with Crippen LogP contribution in [0, 0.1) is 6.92 Å². The van der Waals surface area contributed by atoms with Gasteiger partial charge in [0.2, 0.25) is 5.91 Å². The molecule has 178 valence electrons. The molecule has 1 unspecified atom stereocenters. The highest BCUT2D eigenvalue weighted by atomic mass is 32.2. The summed E-state index contributed by atoms with van der Waals surface area (Å²) in [7, 11) is 3.97. The van der Waals surface area contributed by atoms with Gasteiger partial charge < -0.3 is 20.9 Å². The lowest BCUT2D eigenvalue weighted by atomic mass is 10.2. The molecule has 1 atom stereocenters. The molecule has 0 saturated carbocycles. The van der Waals surface area contributed by atoms with Gasteiger partial charge in [-0.3, -0.25) is 14.6 Å². The van der Waals surface area contributed by atoms with Crippen LogP contribution in [0.4, 0.5) is 5.69 Å². The van der Waals surface area contributed by atoms with E-state index in [4.69, 9.17) is 0 Å². The molecule has 0 aliphatic carbocycles. The van der Waals surface area contributed by atoms with Crippen LogP contribution in [0.5, 0.6) is 0 Å². The van der Waals surface area contributed by atoms with E-state index in [-0.39, 0.29) is 18.4 Å². The van der Waals surface area contributed by atoms with E-state index >= 15 is 0 Å². The summed E-state index contributed by atoms with van der Waals surface area (Å²) in [6.07, 6.45) is 4.99. The minimum atomic E-state index is -0.438. The smallest absolute Gasteiger partial charge is 0.258 e. The molecule has 1 aromatic carbocycles. The molecule has 0 aliphatic heterocycles. The fraction of sp³-hybridized carbons (Fsp3) is 0.280. The number of hydrogen-bond acceptors (Lipinski definition) is 7. The Morgan fingerprint density at radius 3 is 2.59 bits per heavy atom. The average Bonchev–Trinajstić information content (AvgIpc) is 2.82. The summed E-state index contributed by atoms with van der Waals surface area (Å²) in [5, 5.41) is 9.20. The Morgan fingerprint density at radius 1 is 1.06 bits per heavy atom. The van der Waals surface area contributed by atoms with Crippen molar-refractivity contribution < 1.29 is 9.59 Å². The van der Waals surface area contributed by atoms with Crippen molar-refractivity contribution >= 4 is 29.3 Å². The molecule has 2 aromatic heterocycles. The van der Waals surface area contributed by atoms with Crippen molar-refractivity contribution in [3.63, 3.8) is 0 Å². The summed E-state index contributed by atoms with van der Waals surface area (Å²) in [5.74, 6) is -0.402. The van der Waals surface area contributed by atoms with Gasteiger partial charge in [0.15, 0.2) is 0 Å². The minimum Gasteiger partial charge on any atom is -0.339 e. The summed E-state index contributed by atoms with van der Waals surface area (Å²) in [6, 6.07) is 14.8. The zero-order valence-electron chi connectivity index (χ0n) is 19.6. The first-order valence-corrected chi connectivity index (χ1v) is 11.8. The normalized spacial score (nSPS) is 11.8. The van der Waals surface area contributed by atoms with Crippen LogP contribution in [0.1, 0.15) is 26.9 Å². The van der Waals surface area contributed by atoms with Crippen LogP contribution in [0.2, 0.25) is 0 Å². The molecule has 0 spiro atoms. The van der Waals surface area contributed by atoms with E-state index in [2.05, 4.69) is 25.9 Å². The highest BCUT2D eigenvalue weighted by Gasteiger charge is 2.21. The summed E-state index contributed by atoms with van der Waals surface area (Å²) in [6.45, 7) is 3.71. The molecular weight excluding hydrogens is 448 g/mol. The number of benzene rings is 1. The second-order valence-corrected chi connectivity index (χ2v) is 9.10. The zero-order valence-corrected chi connectivity index (χ0v) is 20.4. The number of hydrogen-bond donors (Lipinski definition) is 3.